The third kappa shape index (κ3) is 5.20. The molecule has 2 heterocycles. The molecular weight excluding hydrogens is 478 g/mol. The maximum atomic E-state index is 13.2. The Labute approximate surface area is 197 Å². The van der Waals surface area contributed by atoms with Crippen molar-refractivity contribution >= 4 is 46.3 Å². The van der Waals surface area contributed by atoms with Crippen molar-refractivity contribution in [2.24, 2.45) is 0 Å². The summed E-state index contributed by atoms with van der Waals surface area (Å²) in [5, 5.41) is 13.1. The van der Waals surface area contributed by atoms with E-state index in [9.17, 15) is 4.39 Å². The first-order valence-electron chi connectivity index (χ1n) is 9.37. The molecule has 10 heteroatoms. The topological polar surface area (TPSA) is 52.8 Å². The van der Waals surface area contributed by atoms with E-state index in [0.29, 0.717) is 28.9 Å². The molecule has 4 rings (SSSR count). The summed E-state index contributed by atoms with van der Waals surface area (Å²) >= 11 is 15.4. The lowest BCUT2D eigenvalue weighted by molar-refractivity contribution is 0.288. The Balaban J connectivity index is 1.42. The summed E-state index contributed by atoms with van der Waals surface area (Å²) in [6.45, 7) is 2.88. The van der Waals surface area contributed by atoms with E-state index in [-0.39, 0.29) is 11.6 Å². The average molecular weight is 495 g/mol. The standard InChI is InChI=1S/C21H17Cl2FN4OS2/c1-2-28-19(10-29-18-8-7-13(24)9-17(18)23)26-27-21(28)31-12-14-11-30-20(25-14)15-5-3-4-6-16(15)22/h3-9,11H,2,10,12H2,1H3. The summed E-state index contributed by atoms with van der Waals surface area (Å²) in [5.74, 6) is 1.31. The van der Waals surface area contributed by atoms with Crippen LogP contribution >= 0.6 is 46.3 Å². The Hall–Kier alpha value is -2.13. The van der Waals surface area contributed by atoms with Gasteiger partial charge >= 0.3 is 0 Å². The molecule has 0 amide bonds. The van der Waals surface area contributed by atoms with E-state index < -0.39 is 5.82 Å². The summed E-state index contributed by atoms with van der Waals surface area (Å²) in [6, 6.07) is 11.7. The van der Waals surface area contributed by atoms with Crippen LogP contribution in [0.5, 0.6) is 5.75 Å². The molecule has 0 aliphatic rings. The predicted molar refractivity (Wildman–Crippen MR) is 124 cm³/mol. The lowest BCUT2D eigenvalue weighted by atomic mass is 10.2. The monoisotopic (exact) mass is 494 g/mol. The maximum Gasteiger partial charge on any atom is 0.191 e. The van der Waals surface area contributed by atoms with Gasteiger partial charge in [-0.1, -0.05) is 53.2 Å². The zero-order valence-electron chi connectivity index (χ0n) is 16.4. The first-order chi connectivity index (χ1) is 15.0. The number of thiazole rings is 1. The number of rotatable bonds is 8. The molecule has 0 aliphatic heterocycles. The highest BCUT2D eigenvalue weighted by atomic mass is 35.5. The Kier molecular flexibility index (Phi) is 7.12. The lowest BCUT2D eigenvalue weighted by Crippen LogP contribution is -2.07. The van der Waals surface area contributed by atoms with Gasteiger partial charge in [0.05, 0.1) is 15.7 Å². The van der Waals surface area contributed by atoms with E-state index in [0.717, 1.165) is 21.4 Å². The molecule has 0 unspecified atom stereocenters. The third-order valence-electron chi connectivity index (χ3n) is 4.37. The smallest absolute Gasteiger partial charge is 0.191 e. The van der Waals surface area contributed by atoms with E-state index in [2.05, 4.69) is 10.2 Å². The Morgan fingerprint density at radius 1 is 1.13 bits per heavy atom. The Morgan fingerprint density at radius 3 is 2.74 bits per heavy atom. The van der Waals surface area contributed by atoms with Crippen LogP contribution in [0.25, 0.3) is 10.6 Å². The first-order valence-corrected chi connectivity index (χ1v) is 12.0. The van der Waals surface area contributed by atoms with E-state index in [1.807, 2.05) is 41.1 Å². The molecule has 4 aromatic rings. The Morgan fingerprint density at radius 2 is 1.97 bits per heavy atom. The van der Waals surface area contributed by atoms with Crippen molar-refractivity contribution in [2.75, 3.05) is 0 Å². The molecule has 0 fully saturated rings. The number of benzene rings is 2. The number of hydrogen-bond acceptors (Lipinski definition) is 6. The number of halogens is 3. The molecular formula is C21H17Cl2FN4OS2. The molecule has 0 bridgehead atoms. The van der Waals surface area contributed by atoms with Crippen LogP contribution in [-0.4, -0.2) is 19.7 Å². The van der Waals surface area contributed by atoms with Crippen molar-refractivity contribution < 1.29 is 9.13 Å². The van der Waals surface area contributed by atoms with Crippen molar-refractivity contribution in [3.05, 3.63) is 75.2 Å². The van der Waals surface area contributed by atoms with E-state index in [4.69, 9.17) is 32.9 Å². The number of thioether (sulfide) groups is 1. The van der Waals surface area contributed by atoms with Crippen molar-refractivity contribution in [2.45, 2.75) is 31.0 Å². The molecule has 0 atom stereocenters. The average Bonchev–Trinajstić information content (AvgIpc) is 3.38. The van der Waals surface area contributed by atoms with Gasteiger partial charge in [-0.2, -0.15) is 0 Å². The fourth-order valence-corrected chi connectivity index (χ4v) is 5.24. The molecule has 0 radical (unpaired) electrons. The summed E-state index contributed by atoms with van der Waals surface area (Å²) in [5.41, 5.74) is 1.88. The first kappa shape index (κ1) is 22.1. The predicted octanol–water partition coefficient (Wildman–Crippen LogP) is 6.74. The summed E-state index contributed by atoms with van der Waals surface area (Å²) < 4.78 is 20.9. The lowest BCUT2D eigenvalue weighted by Gasteiger charge is -2.09. The van der Waals surface area contributed by atoms with Crippen LogP contribution in [-0.2, 0) is 18.9 Å². The van der Waals surface area contributed by atoms with Crippen molar-refractivity contribution in [3.8, 4) is 16.3 Å². The van der Waals surface area contributed by atoms with Crippen LogP contribution in [0.3, 0.4) is 0 Å². The second-order valence-corrected chi connectivity index (χ2v) is 9.03. The van der Waals surface area contributed by atoms with Gasteiger partial charge in [-0.15, -0.1) is 21.5 Å². The number of ether oxygens (including phenoxy) is 1. The fourth-order valence-electron chi connectivity index (χ4n) is 2.85. The SMILES string of the molecule is CCn1c(COc2ccc(F)cc2Cl)nnc1SCc1csc(-c2ccccc2Cl)n1. The normalized spacial score (nSPS) is 11.1. The summed E-state index contributed by atoms with van der Waals surface area (Å²) in [6.07, 6.45) is 0. The summed E-state index contributed by atoms with van der Waals surface area (Å²) in [4.78, 5) is 4.70. The third-order valence-corrected chi connectivity index (χ3v) is 6.92. The van der Waals surface area contributed by atoms with E-state index in [1.165, 1.54) is 18.2 Å². The van der Waals surface area contributed by atoms with Gasteiger partial charge in [-0.3, -0.25) is 0 Å². The van der Waals surface area contributed by atoms with Gasteiger partial charge in [0.2, 0.25) is 0 Å². The van der Waals surface area contributed by atoms with Gasteiger partial charge < -0.3 is 9.30 Å². The van der Waals surface area contributed by atoms with E-state index >= 15 is 0 Å². The van der Waals surface area contributed by atoms with Crippen molar-refractivity contribution in [3.63, 3.8) is 0 Å². The Bertz CT molecular complexity index is 1200. The van der Waals surface area contributed by atoms with Crippen molar-refractivity contribution in [1.82, 2.24) is 19.7 Å². The summed E-state index contributed by atoms with van der Waals surface area (Å²) in [7, 11) is 0. The minimum atomic E-state index is -0.410. The molecule has 160 valence electrons. The number of nitrogens with zero attached hydrogens (tertiary/aromatic N) is 4. The van der Waals surface area contributed by atoms with Crippen molar-refractivity contribution in [1.29, 1.82) is 0 Å². The second-order valence-electron chi connectivity index (χ2n) is 6.42. The highest BCUT2D eigenvalue weighted by molar-refractivity contribution is 7.98. The van der Waals surface area contributed by atoms with Crippen LogP contribution in [0.4, 0.5) is 4.39 Å². The van der Waals surface area contributed by atoms with Crippen LogP contribution in [0.15, 0.2) is 53.0 Å². The van der Waals surface area contributed by atoms with E-state index in [1.54, 1.807) is 23.1 Å². The zero-order chi connectivity index (χ0) is 21.8. The van der Waals surface area contributed by atoms with Crippen LogP contribution in [0.1, 0.15) is 18.4 Å². The maximum absolute atomic E-state index is 13.2. The molecule has 5 nitrogen and oxygen atoms in total. The molecule has 0 saturated carbocycles. The molecule has 2 aromatic heterocycles. The van der Waals surface area contributed by atoms with Crippen LogP contribution in [0.2, 0.25) is 10.0 Å². The zero-order valence-corrected chi connectivity index (χ0v) is 19.5. The molecule has 0 spiro atoms. The van der Waals surface area contributed by atoms with Gasteiger partial charge in [-0.05, 0) is 31.2 Å². The molecule has 31 heavy (non-hydrogen) atoms. The highest BCUT2D eigenvalue weighted by Gasteiger charge is 2.15. The number of hydrogen-bond donors (Lipinski definition) is 0. The van der Waals surface area contributed by atoms with Crippen LogP contribution < -0.4 is 4.74 Å². The highest BCUT2D eigenvalue weighted by Crippen LogP contribution is 2.32. The quantitative estimate of drug-likeness (QED) is 0.254. The second kappa shape index (κ2) is 9.99. The fraction of sp³-hybridized carbons (Fsp3) is 0.190. The van der Waals surface area contributed by atoms with Gasteiger partial charge in [0.15, 0.2) is 11.0 Å². The van der Waals surface area contributed by atoms with Gasteiger partial charge in [-0.25, -0.2) is 9.37 Å². The molecule has 0 saturated heterocycles. The van der Waals surface area contributed by atoms with Gasteiger partial charge in [0.1, 0.15) is 23.2 Å². The molecule has 0 N–H and O–H groups in total. The molecule has 0 aliphatic carbocycles. The van der Waals surface area contributed by atoms with Gasteiger partial charge in [0.25, 0.3) is 0 Å². The van der Waals surface area contributed by atoms with Gasteiger partial charge in [0, 0.05) is 23.2 Å². The molecule has 2 aromatic carbocycles. The van der Waals surface area contributed by atoms with Crippen LogP contribution in [0, 0.1) is 5.82 Å². The minimum Gasteiger partial charge on any atom is -0.484 e. The largest absolute Gasteiger partial charge is 0.484 e. The minimum absolute atomic E-state index is 0.181. The number of aromatic nitrogens is 4.